The fourth-order valence-corrected chi connectivity index (χ4v) is 3.04. The Labute approximate surface area is 115 Å². The van der Waals surface area contributed by atoms with Gasteiger partial charge in [-0.3, -0.25) is 4.57 Å². The molecule has 0 radical (unpaired) electrons. The summed E-state index contributed by atoms with van der Waals surface area (Å²) in [5.41, 5.74) is 7.79. The van der Waals surface area contributed by atoms with Crippen LogP contribution in [0.1, 0.15) is 30.0 Å². The molecular formula is C13H16N4OS. The summed E-state index contributed by atoms with van der Waals surface area (Å²) in [6.07, 6.45) is 2.14. The Morgan fingerprint density at radius 1 is 1.53 bits per heavy atom. The molecule has 5 nitrogen and oxygen atoms in total. The first-order valence-electron chi connectivity index (χ1n) is 6.33. The highest BCUT2D eigenvalue weighted by Gasteiger charge is 2.28. The number of aromatic amines is 1. The van der Waals surface area contributed by atoms with Gasteiger partial charge in [-0.1, -0.05) is 12.1 Å². The van der Waals surface area contributed by atoms with Gasteiger partial charge in [0.2, 0.25) is 0 Å². The van der Waals surface area contributed by atoms with E-state index in [4.69, 9.17) is 5.73 Å². The largest absolute Gasteiger partial charge is 0.344 e. The average Bonchev–Trinajstić information content (AvgIpc) is 3.17. The number of rotatable bonds is 4. The maximum Gasteiger partial charge on any atom is 0.344 e. The second-order valence-corrected chi connectivity index (χ2v) is 5.83. The minimum atomic E-state index is -0.110. The molecule has 3 N–H and O–H groups in total. The summed E-state index contributed by atoms with van der Waals surface area (Å²) in [5, 5.41) is 7.40. The van der Waals surface area contributed by atoms with E-state index in [1.165, 1.54) is 11.8 Å². The van der Waals surface area contributed by atoms with Crippen LogP contribution in [0.25, 0.3) is 0 Å². The summed E-state index contributed by atoms with van der Waals surface area (Å²) in [7, 11) is 0. The summed E-state index contributed by atoms with van der Waals surface area (Å²) in [6, 6.07) is 6.46. The predicted octanol–water partition coefficient (Wildman–Crippen LogP) is 1.82. The summed E-state index contributed by atoms with van der Waals surface area (Å²) in [4.78, 5) is 12.8. The van der Waals surface area contributed by atoms with E-state index in [1.54, 1.807) is 4.57 Å². The number of hydrogen-bond acceptors (Lipinski definition) is 4. The quantitative estimate of drug-likeness (QED) is 0.893. The molecule has 0 amide bonds. The molecule has 1 aliphatic rings. The molecule has 1 saturated carbocycles. The highest BCUT2D eigenvalue weighted by molar-refractivity contribution is 7.99. The van der Waals surface area contributed by atoms with Crippen molar-refractivity contribution in [2.45, 2.75) is 42.4 Å². The van der Waals surface area contributed by atoms with Crippen molar-refractivity contribution in [3.05, 3.63) is 39.8 Å². The zero-order chi connectivity index (χ0) is 13.4. The van der Waals surface area contributed by atoms with Gasteiger partial charge in [-0.05, 0) is 48.7 Å². The Bertz CT molecular complexity index is 657. The SMILES string of the molecule is Cc1cc(CN)ccc1Sc1n[nH]c(=O)n1C1CC1. The molecule has 0 aliphatic heterocycles. The van der Waals surface area contributed by atoms with Crippen LogP contribution in [0.4, 0.5) is 0 Å². The van der Waals surface area contributed by atoms with Crippen molar-refractivity contribution in [3.63, 3.8) is 0 Å². The van der Waals surface area contributed by atoms with Gasteiger partial charge in [-0.15, -0.1) is 5.10 Å². The van der Waals surface area contributed by atoms with Gasteiger partial charge in [0.25, 0.3) is 0 Å². The molecule has 1 fully saturated rings. The highest BCUT2D eigenvalue weighted by Crippen LogP contribution is 2.38. The van der Waals surface area contributed by atoms with E-state index >= 15 is 0 Å². The molecule has 6 heteroatoms. The lowest BCUT2D eigenvalue weighted by atomic mass is 10.1. The van der Waals surface area contributed by atoms with E-state index in [0.29, 0.717) is 12.6 Å². The average molecular weight is 276 g/mol. The molecule has 0 bridgehead atoms. The Kier molecular flexibility index (Phi) is 3.20. The molecule has 1 aromatic heterocycles. The van der Waals surface area contributed by atoms with E-state index in [2.05, 4.69) is 16.3 Å². The number of nitrogens with two attached hydrogens (primary N) is 1. The number of aromatic nitrogens is 3. The highest BCUT2D eigenvalue weighted by atomic mass is 32.2. The third-order valence-corrected chi connectivity index (χ3v) is 4.41. The first-order chi connectivity index (χ1) is 9.19. The van der Waals surface area contributed by atoms with Crippen LogP contribution in [0.15, 0.2) is 33.0 Å². The Morgan fingerprint density at radius 3 is 2.95 bits per heavy atom. The van der Waals surface area contributed by atoms with Crippen molar-refractivity contribution in [2.24, 2.45) is 5.73 Å². The van der Waals surface area contributed by atoms with E-state index in [1.807, 2.05) is 19.1 Å². The van der Waals surface area contributed by atoms with Crippen molar-refractivity contribution in [3.8, 4) is 0 Å². The lowest BCUT2D eigenvalue weighted by Gasteiger charge is -2.07. The molecule has 2 aromatic rings. The minimum Gasteiger partial charge on any atom is -0.326 e. The van der Waals surface area contributed by atoms with Crippen molar-refractivity contribution < 1.29 is 0 Å². The Balaban J connectivity index is 1.91. The standard InChI is InChI=1S/C13H16N4OS/c1-8-6-9(7-14)2-5-11(8)19-13-16-15-12(18)17(13)10-3-4-10/h2,5-6,10H,3-4,7,14H2,1H3,(H,15,18). The second-order valence-electron chi connectivity index (χ2n) is 4.82. The normalized spacial score (nSPS) is 14.8. The number of nitrogens with one attached hydrogen (secondary N) is 1. The molecule has 0 unspecified atom stereocenters. The zero-order valence-corrected chi connectivity index (χ0v) is 11.5. The maximum atomic E-state index is 11.7. The molecule has 0 saturated heterocycles. The second kappa shape index (κ2) is 4.86. The van der Waals surface area contributed by atoms with Gasteiger partial charge >= 0.3 is 5.69 Å². The summed E-state index contributed by atoms with van der Waals surface area (Å²) < 4.78 is 1.76. The fraction of sp³-hybridized carbons (Fsp3) is 0.385. The van der Waals surface area contributed by atoms with Crippen molar-refractivity contribution in [2.75, 3.05) is 0 Å². The smallest absolute Gasteiger partial charge is 0.326 e. The monoisotopic (exact) mass is 276 g/mol. The van der Waals surface area contributed by atoms with Crippen LogP contribution in [0.2, 0.25) is 0 Å². The lowest BCUT2D eigenvalue weighted by Crippen LogP contribution is -2.16. The summed E-state index contributed by atoms with van der Waals surface area (Å²) >= 11 is 1.53. The molecule has 1 aliphatic carbocycles. The van der Waals surface area contributed by atoms with Crippen LogP contribution in [-0.4, -0.2) is 14.8 Å². The molecule has 3 rings (SSSR count). The molecule has 100 valence electrons. The number of hydrogen-bond donors (Lipinski definition) is 2. The van der Waals surface area contributed by atoms with Gasteiger partial charge < -0.3 is 5.73 Å². The van der Waals surface area contributed by atoms with Crippen LogP contribution in [0.5, 0.6) is 0 Å². The van der Waals surface area contributed by atoms with E-state index in [-0.39, 0.29) is 5.69 Å². The van der Waals surface area contributed by atoms with Gasteiger partial charge in [-0.25, -0.2) is 9.89 Å². The van der Waals surface area contributed by atoms with Gasteiger partial charge in [0.05, 0.1) is 0 Å². The topological polar surface area (TPSA) is 76.7 Å². The van der Waals surface area contributed by atoms with Crippen LogP contribution >= 0.6 is 11.8 Å². The van der Waals surface area contributed by atoms with Gasteiger partial charge in [0, 0.05) is 17.5 Å². The maximum absolute atomic E-state index is 11.7. The van der Waals surface area contributed by atoms with Crippen LogP contribution in [0.3, 0.4) is 0 Å². The third-order valence-electron chi connectivity index (χ3n) is 3.26. The molecule has 1 aromatic carbocycles. The minimum absolute atomic E-state index is 0.110. The number of aryl methyl sites for hydroxylation is 1. The number of H-pyrrole nitrogens is 1. The van der Waals surface area contributed by atoms with E-state index in [9.17, 15) is 4.79 Å². The fourth-order valence-electron chi connectivity index (χ4n) is 2.07. The zero-order valence-electron chi connectivity index (χ0n) is 10.7. The first kappa shape index (κ1) is 12.5. The Morgan fingerprint density at radius 2 is 2.32 bits per heavy atom. The van der Waals surface area contributed by atoms with Crippen molar-refractivity contribution in [1.29, 1.82) is 0 Å². The number of benzene rings is 1. The molecule has 1 heterocycles. The van der Waals surface area contributed by atoms with Crippen LogP contribution < -0.4 is 11.4 Å². The summed E-state index contributed by atoms with van der Waals surface area (Å²) in [6.45, 7) is 2.59. The van der Waals surface area contributed by atoms with Gasteiger partial charge in [-0.2, -0.15) is 0 Å². The molecule has 19 heavy (non-hydrogen) atoms. The summed E-state index contributed by atoms with van der Waals surface area (Å²) in [5.74, 6) is 0. The third kappa shape index (κ3) is 2.46. The Hall–Kier alpha value is -1.53. The lowest BCUT2D eigenvalue weighted by molar-refractivity contribution is 0.642. The molecular weight excluding hydrogens is 260 g/mol. The van der Waals surface area contributed by atoms with Crippen molar-refractivity contribution in [1.82, 2.24) is 14.8 Å². The van der Waals surface area contributed by atoms with Gasteiger partial charge in [0.1, 0.15) is 0 Å². The molecule has 0 atom stereocenters. The molecule has 0 spiro atoms. The predicted molar refractivity (Wildman–Crippen MR) is 74.3 cm³/mol. The first-order valence-corrected chi connectivity index (χ1v) is 7.15. The van der Waals surface area contributed by atoms with E-state index < -0.39 is 0 Å². The van der Waals surface area contributed by atoms with E-state index in [0.717, 1.165) is 34.0 Å². The van der Waals surface area contributed by atoms with Gasteiger partial charge in [0.15, 0.2) is 5.16 Å². The van der Waals surface area contributed by atoms with Crippen LogP contribution in [0, 0.1) is 6.92 Å². The van der Waals surface area contributed by atoms with Crippen LogP contribution in [-0.2, 0) is 6.54 Å². The number of nitrogens with zero attached hydrogens (tertiary/aromatic N) is 2. The van der Waals surface area contributed by atoms with Crippen molar-refractivity contribution >= 4 is 11.8 Å².